The Labute approximate surface area is 273 Å². The Morgan fingerprint density at radius 3 is 2.47 bits per heavy atom. The predicted molar refractivity (Wildman–Crippen MR) is 194 cm³/mol. The number of benzene rings is 6. The second kappa shape index (κ2) is 10.8. The SMILES string of the molecule is C=C/C=C(/c1ccc2c(c1)oc1ccccc12)c1cccc2c1Oc1ccc(-c3ccc4c(c3)OC/C=C\C=C\4C)c3cccc-2c13. The fraction of sp³-hybridized carbons (Fsp3) is 0.0455. The molecule has 0 saturated heterocycles. The molecule has 3 heterocycles. The summed E-state index contributed by atoms with van der Waals surface area (Å²) in [5, 5.41) is 4.47. The minimum absolute atomic E-state index is 0.547. The largest absolute Gasteiger partial charge is 0.489 e. The number of furan rings is 1. The zero-order valence-corrected chi connectivity index (χ0v) is 25.9. The van der Waals surface area contributed by atoms with E-state index in [0.29, 0.717) is 6.61 Å². The van der Waals surface area contributed by atoms with Crippen molar-refractivity contribution in [3.63, 3.8) is 0 Å². The Bertz CT molecular complexity index is 2520. The van der Waals surface area contributed by atoms with Crippen LogP contribution in [0.15, 0.2) is 151 Å². The lowest BCUT2D eigenvalue weighted by Gasteiger charge is -2.25. The van der Waals surface area contributed by atoms with Gasteiger partial charge in [-0.3, -0.25) is 0 Å². The van der Waals surface area contributed by atoms with E-state index in [0.717, 1.165) is 94.5 Å². The number of para-hydroxylation sites is 2. The number of fused-ring (bicyclic) bond motifs is 6. The van der Waals surface area contributed by atoms with Gasteiger partial charge in [-0.2, -0.15) is 0 Å². The van der Waals surface area contributed by atoms with E-state index in [1.807, 2.05) is 30.4 Å². The maximum absolute atomic E-state index is 6.85. The van der Waals surface area contributed by atoms with Gasteiger partial charge in [0.25, 0.3) is 0 Å². The van der Waals surface area contributed by atoms with Crippen LogP contribution in [-0.2, 0) is 0 Å². The van der Waals surface area contributed by atoms with Crippen molar-refractivity contribution in [2.75, 3.05) is 6.61 Å². The third kappa shape index (κ3) is 4.35. The van der Waals surface area contributed by atoms with E-state index in [1.54, 1.807) is 0 Å². The molecule has 2 aliphatic heterocycles. The summed E-state index contributed by atoms with van der Waals surface area (Å²) in [5.74, 6) is 2.58. The molecular formula is C44H30O3. The second-order valence-electron chi connectivity index (χ2n) is 12.0. The van der Waals surface area contributed by atoms with Gasteiger partial charge in [0.05, 0.1) is 0 Å². The van der Waals surface area contributed by atoms with Crippen LogP contribution in [0.2, 0.25) is 0 Å². The van der Waals surface area contributed by atoms with Gasteiger partial charge in [0, 0.05) is 32.8 Å². The smallest absolute Gasteiger partial charge is 0.143 e. The van der Waals surface area contributed by atoms with Crippen LogP contribution in [0.5, 0.6) is 17.2 Å². The normalized spacial score (nSPS) is 15.5. The lowest BCUT2D eigenvalue weighted by atomic mass is 9.87. The van der Waals surface area contributed by atoms with E-state index in [2.05, 4.69) is 123 Å². The molecule has 1 aromatic heterocycles. The molecule has 0 radical (unpaired) electrons. The lowest BCUT2D eigenvalue weighted by molar-refractivity contribution is 0.361. The van der Waals surface area contributed by atoms with Crippen LogP contribution in [0.3, 0.4) is 0 Å². The number of rotatable bonds is 4. The summed E-state index contributed by atoms with van der Waals surface area (Å²) in [5.41, 5.74) is 11.6. The maximum Gasteiger partial charge on any atom is 0.143 e. The average Bonchev–Trinajstić information content (AvgIpc) is 3.47. The molecule has 224 valence electrons. The first-order chi connectivity index (χ1) is 23.2. The minimum atomic E-state index is 0.547. The van der Waals surface area contributed by atoms with Crippen molar-refractivity contribution in [1.82, 2.24) is 0 Å². The van der Waals surface area contributed by atoms with Crippen LogP contribution in [0.25, 0.3) is 66.1 Å². The minimum Gasteiger partial charge on any atom is -0.489 e. The van der Waals surface area contributed by atoms with E-state index in [1.165, 1.54) is 5.57 Å². The Hall–Kier alpha value is -6.06. The molecule has 2 aliphatic rings. The molecule has 0 unspecified atom stereocenters. The molecule has 0 aliphatic carbocycles. The molecule has 0 N–H and O–H groups in total. The Balaban J connectivity index is 1.18. The molecule has 3 heteroatoms. The van der Waals surface area contributed by atoms with Crippen LogP contribution >= 0.6 is 0 Å². The monoisotopic (exact) mass is 606 g/mol. The van der Waals surface area contributed by atoms with E-state index in [9.17, 15) is 0 Å². The fourth-order valence-electron chi connectivity index (χ4n) is 7.10. The standard InChI is InChI=1S/C44H30O3/c1-3-10-31(29-19-21-34-33-12-4-5-17-39(33)46-42(34)26-29)37-15-9-16-38-36-14-8-13-35-32(22-23-40(43(35)36)47-44(37)38)28-18-20-30-27(2)11-6-7-24-45-41(30)25-28/h3-23,25-26H,1,24H2,2H3/b7-6-,27-11+,31-10-. The molecule has 0 atom stereocenters. The van der Waals surface area contributed by atoms with Gasteiger partial charge in [-0.25, -0.2) is 0 Å². The van der Waals surface area contributed by atoms with Gasteiger partial charge in [0.1, 0.15) is 35.0 Å². The van der Waals surface area contributed by atoms with Gasteiger partial charge >= 0.3 is 0 Å². The summed E-state index contributed by atoms with van der Waals surface area (Å²) in [6.45, 7) is 6.72. The summed E-state index contributed by atoms with van der Waals surface area (Å²) in [6.07, 6.45) is 10.1. The molecule has 0 fully saturated rings. The summed E-state index contributed by atoms with van der Waals surface area (Å²) in [6, 6.07) is 38.3. The van der Waals surface area contributed by atoms with Crippen molar-refractivity contribution in [3.8, 4) is 39.5 Å². The van der Waals surface area contributed by atoms with Crippen LogP contribution in [0.4, 0.5) is 0 Å². The molecule has 0 saturated carbocycles. The lowest BCUT2D eigenvalue weighted by Crippen LogP contribution is -2.02. The highest BCUT2D eigenvalue weighted by Gasteiger charge is 2.25. The first-order valence-electron chi connectivity index (χ1n) is 15.9. The average molecular weight is 607 g/mol. The van der Waals surface area contributed by atoms with Gasteiger partial charge in [0.2, 0.25) is 0 Å². The molecule has 0 spiro atoms. The van der Waals surface area contributed by atoms with Crippen molar-refractivity contribution in [2.24, 2.45) is 0 Å². The van der Waals surface area contributed by atoms with Crippen molar-refractivity contribution in [3.05, 3.63) is 163 Å². The van der Waals surface area contributed by atoms with Crippen molar-refractivity contribution < 1.29 is 13.9 Å². The third-order valence-corrected chi connectivity index (χ3v) is 9.32. The number of allylic oxidation sites excluding steroid dienone is 5. The third-order valence-electron chi connectivity index (χ3n) is 9.32. The highest BCUT2D eigenvalue weighted by atomic mass is 16.5. The van der Waals surface area contributed by atoms with Gasteiger partial charge in [-0.05, 0) is 82.1 Å². The zero-order chi connectivity index (χ0) is 31.5. The van der Waals surface area contributed by atoms with Crippen molar-refractivity contribution in [2.45, 2.75) is 6.92 Å². The van der Waals surface area contributed by atoms with Gasteiger partial charge < -0.3 is 13.9 Å². The molecular weight excluding hydrogens is 576 g/mol. The van der Waals surface area contributed by atoms with Crippen molar-refractivity contribution >= 4 is 43.9 Å². The Kier molecular flexibility index (Phi) is 6.26. The summed E-state index contributed by atoms with van der Waals surface area (Å²) < 4.78 is 19.3. The van der Waals surface area contributed by atoms with Crippen LogP contribution < -0.4 is 9.47 Å². The zero-order valence-electron chi connectivity index (χ0n) is 25.9. The molecule has 0 amide bonds. The number of hydrogen-bond acceptors (Lipinski definition) is 3. The number of hydrogen-bond donors (Lipinski definition) is 0. The summed E-state index contributed by atoms with van der Waals surface area (Å²) in [7, 11) is 0. The van der Waals surface area contributed by atoms with E-state index >= 15 is 0 Å². The highest BCUT2D eigenvalue weighted by Crippen LogP contribution is 2.51. The molecule has 6 aromatic carbocycles. The Morgan fingerprint density at radius 1 is 0.702 bits per heavy atom. The van der Waals surface area contributed by atoms with Gasteiger partial charge in [-0.1, -0.05) is 110 Å². The van der Waals surface area contributed by atoms with Crippen LogP contribution in [-0.4, -0.2) is 6.61 Å². The van der Waals surface area contributed by atoms with Crippen LogP contribution in [0.1, 0.15) is 23.6 Å². The fourth-order valence-corrected chi connectivity index (χ4v) is 7.10. The van der Waals surface area contributed by atoms with E-state index in [-0.39, 0.29) is 0 Å². The highest BCUT2D eigenvalue weighted by molar-refractivity contribution is 6.11. The number of ether oxygens (including phenoxy) is 2. The molecule has 9 rings (SSSR count). The van der Waals surface area contributed by atoms with Crippen LogP contribution in [0, 0.1) is 0 Å². The maximum atomic E-state index is 6.85. The van der Waals surface area contributed by atoms with E-state index in [4.69, 9.17) is 13.9 Å². The van der Waals surface area contributed by atoms with Crippen molar-refractivity contribution in [1.29, 1.82) is 0 Å². The summed E-state index contributed by atoms with van der Waals surface area (Å²) in [4.78, 5) is 0. The van der Waals surface area contributed by atoms with Gasteiger partial charge in [0.15, 0.2) is 0 Å². The van der Waals surface area contributed by atoms with Gasteiger partial charge in [-0.15, -0.1) is 0 Å². The van der Waals surface area contributed by atoms with E-state index < -0.39 is 0 Å². The predicted octanol–water partition coefficient (Wildman–Crippen LogP) is 12.1. The molecule has 47 heavy (non-hydrogen) atoms. The first-order valence-corrected chi connectivity index (χ1v) is 15.9. The molecule has 0 bridgehead atoms. The molecule has 3 nitrogen and oxygen atoms in total. The summed E-state index contributed by atoms with van der Waals surface area (Å²) >= 11 is 0. The first kappa shape index (κ1) is 27.3. The molecule has 7 aromatic rings. The Morgan fingerprint density at radius 2 is 1.53 bits per heavy atom. The topological polar surface area (TPSA) is 31.6 Å². The quantitative estimate of drug-likeness (QED) is 0.187. The second-order valence-corrected chi connectivity index (χ2v) is 12.0.